The average molecular weight is 198 g/mol. The van der Waals surface area contributed by atoms with Gasteiger partial charge in [0.05, 0.1) is 21.8 Å². The highest BCUT2D eigenvalue weighted by Crippen LogP contribution is 2.17. The minimum absolute atomic E-state index is 0.173. The number of hydrogen-bond acceptors (Lipinski definition) is 3. The maximum absolute atomic E-state index is 12.7. The van der Waals surface area contributed by atoms with E-state index in [0.29, 0.717) is 0 Å². The molecule has 1 unspecified atom stereocenters. The lowest BCUT2D eigenvalue weighted by Crippen LogP contribution is -2.01. The van der Waals surface area contributed by atoms with Crippen LogP contribution in [0.3, 0.4) is 0 Å². The molecule has 2 N–H and O–H groups in total. The van der Waals surface area contributed by atoms with Crippen LogP contribution >= 0.6 is 0 Å². The predicted molar refractivity (Wildman–Crippen MR) is 47.7 cm³/mol. The predicted octanol–water partition coefficient (Wildman–Crippen LogP) is 1.04. The van der Waals surface area contributed by atoms with E-state index in [0.717, 1.165) is 6.07 Å². The lowest BCUT2D eigenvalue weighted by molar-refractivity contribution is 0.623. The molecular formula is C8H7FN2OS. The summed E-state index contributed by atoms with van der Waals surface area (Å²) in [6, 6.07) is 5.34. The first-order chi connectivity index (χ1) is 6.15. The van der Waals surface area contributed by atoms with Crippen molar-refractivity contribution in [1.29, 1.82) is 5.26 Å². The summed E-state index contributed by atoms with van der Waals surface area (Å²) in [7, 11) is -1.53. The second kappa shape index (κ2) is 4.01. The van der Waals surface area contributed by atoms with Gasteiger partial charge in [0.25, 0.3) is 0 Å². The number of hydrogen-bond donors (Lipinski definition) is 1. The maximum Gasteiger partial charge on any atom is 0.124 e. The summed E-state index contributed by atoms with van der Waals surface area (Å²) in [5.41, 5.74) is 5.70. The molecule has 0 aromatic heterocycles. The van der Waals surface area contributed by atoms with Crippen LogP contribution in [0.2, 0.25) is 0 Å². The number of benzene rings is 1. The van der Waals surface area contributed by atoms with Gasteiger partial charge in [0.1, 0.15) is 11.6 Å². The van der Waals surface area contributed by atoms with Crippen LogP contribution in [-0.4, -0.2) is 9.96 Å². The number of nitrogen functional groups attached to an aromatic ring is 1. The molecule has 1 aromatic carbocycles. The summed E-state index contributed by atoms with van der Waals surface area (Å²) in [5, 5.41) is 8.28. The number of anilines is 1. The SMILES string of the molecule is N#CCS(=O)c1cc(F)ccc1N. The minimum atomic E-state index is -1.53. The highest BCUT2D eigenvalue weighted by atomic mass is 32.2. The summed E-state index contributed by atoms with van der Waals surface area (Å²) >= 11 is 0. The van der Waals surface area contributed by atoms with Crippen LogP contribution in [0.5, 0.6) is 0 Å². The van der Waals surface area contributed by atoms with E-state index in [9.17, 15) is 8.60 Å². The van der Waals surface area contributed by atoms with Gasteiger partial charge in [0.15, 0.2) is 0 Å². The molecule has 5 heteroatoms. The highest BCUT2D eigenvalue weighted by molar-refractivity contribution is 7.85. The van der Waals surface area contributed by atoms with Gasteiger partial charge < -0.3 is 5.73 Å². The number of nitriles is 1. The minimum Gasteiger partial charge on any atom is -0.398 e. The van der Waals surface area contributed by atoms with E-state index in [1.165, 1.54) is 12.1 Å². The summed E-state index contributed by atoms with van der Waals surface area (Å²) in [5.74, 6) is -0.677. The second-order valence-corrected chi connectivity index (χ2v) is 3.75. The lowest BCUT2D eigenvalue weighted by Gasteiger charge is -2.01. The van der Waals surface area contributed by atoms with Gasteiger partial charge in [-0.25, -0.2) is 4.39 Å². The average Bonchev–Trinajstić information content (AvgIpc) is 2.09. The van der Waals surface area contributed by atoms with Crippen molar-refractivity contribution in [2.75, 3.05) is 11.5 Å². The van der Waals surface area contributed by atoms with Crippen molar-refractivity contribution in [3.05, 3.63) is 24.0 Å². The molecule has 0 aliphatic rings. The first kappa shape index (κ1) is 9.68. The van der Waals surface area contributed by atoms with Gasteiger partial charge >= 0.3 is 0 Å². The molecule has 0 amide bonds. The van der Waals surface area contributed by atoms with Crippen molar-refractivity contribution in [1.82, 2.24) is 0 Å². The van der Waals surface area contributed by atoms with Crippen molar-refractivity contribution in [2.45, 2.75) is 4.90 Å². The van der Waals surface area contributed by atoms with E-state index < -0.39 is 16.6 Å². The molecule has 0 spiro atoms. The summed E-state index contributed by atoms with van der Waals surface area (Å²) in [6.07, 6.45) is 0. The summed E-state index contributed by atoms with van der Waals surface area (Å²) < 4.78 is 23.9. The highest BCUT2D eigenvalue weighted by Gasteiger charge is 2.08. The van der Waals surface area contributed by atoms with Gasteiger partial charge in [-0.1, -0.05) is 0 Å². The smallest absolute Gasteiger partial charge is 0.124 e. The van der Waals surface area contributed by atoms with Crippen LogP contribution in [0.4, 0.5) is 10.1 Å². The van der Waals surface area contributed by atoms with E-state index in [1.54, 1.807) is 6.07 Å². The molecule has 3 nitrogen and oxygen atoms in total. The molecule has 0 heterocycles. The lowest BCUT2D eigenvalue weighted by atomic mass is 10.3. The van der Waals surface area contributed by atoms with Crippen LogP contribution in [0.15, 0.2) is 23.1 Å². The van der Waals surface area contributed by atoms with Gasteiger partial charge in [-0.2, -0.15) is 5.26 Å². The molecule has 0 radical (unpaired) electrons. The first-order valence-electron chi connectivity index (χ1n) is 3.45. The fourth-order valence-corrected chi connectivity index (χ4v) is 1.69. The monoisotopic (exact) mass is 198 g/mol. The Morgan fingerprint density at radius 1 is 1.62 bits per heavy atom. The zero-order valence-corrected chi connectivity index (χ0v) is 7.47. The molecule has 13 heavy (non-hydrogen) atoms. The van der Waals surface area contributed by atoms with Crippen molar-refractivity contribution in [3.63, 3.8) is 0 Å². The van der Waals surface area contributed by atoms with E-state index in [-0.39, 0.29) is 16.3 Å². The van der Waals surface area contributed by atoms with Crippen LogP contribution in [0.25, 0.3) is 0 Å². The number of halogens is 1. The zero-order chi connectivity index (χ0) is 9.84. The van der Waals surface area contributed by atoms with Gasteiger partial charge in [-0.15, -0.1) is 0 Å². The molecule has 0 saturated carbocycles. The Kier molecular flexibility index (Phi) is 2.98. The molecule has 0 aliphatic carbocycles. The fourth-order valence-electron chi connectivity index (χ4n) is 0.842. The summed E-state index contributed by atoms with van der Waals surface area (Å²) in [4.78, 5) is 0.182. The Bertz CT molecular complexity index is 386. The van der Waals surface area contributed by atoms with Gasteiger partial charge in [0, 0.05) is 5.69 Å². The molecule has 0 fully saturated rings. The first-order valence-corrected chi connectivity index (χ1v) is 4.77. The van der Waals surface area contributed by atoms with Crippen molar-refractivity contribution in [3.8, 4) is 6.07 Å². The molecule has 1 atom stereocenters. The van der Waals surface area contributed by atoms with E-state index in [1.807, 2.05) is 0 Å². The largest absolute Gasteiger partial charge is 0.398 e. The number of rotatable bonds is 2. The Labute approximate surface area is 77.4 Å². The fraction of sp³-hybridized carbons (Fsp3) is 0.125. The molecule has 1 rings (SSSR count). The Balaban J connectivity index is 3.07. The third kappa shape index (κ3) is 2.26. The second-order valence-electron chi connectivity index (χ2n) is 2.33. The van der Waals surface area contributed by atoms with Crippen molar-refractivity contribution in [2.24, 2.45) is 0 Å². The van der Waals surface area contributed by atoms with Crippen LogP contribution in [0.1, 0.15) is 0 Å². The zero-order valence-electron chi connectivity index (χ0n) is 6.66. The van der Waals surface area contributed by atoms with Crippen LogP contribution in [-0.2, 0) is 10.8 Å². The van der Waals surface area contributed by atoms with Crippen molar-refractivity contribution < 1.29 is 8.60 Å². The third-order valence-corrected chi connectivity index (χ3v) is 2.65. The van der Waals surface area contributed by atoms with Crippen molar-refractivity contribution >= 4 is 16.5 Å². The van der Waals surface area contributed by atoms with Gasteiger partial charge in [-0.05, 0) is 18.2 Å². The van der Waals surface area contributed by atoms with E-state index in [4.69, 9.17) is 11.0 Å². The molecule has 0 saturated heterocycles. The van der Waals surface area contributed by atoms with Gasteiger partial charge in [-0.3, -0.25) is 4.21 Å². The Morgan fingerprint density at radius 3 is 2.92 bits per heavy atom. The molecular weight excluding hydrogens is 191 g/mol. The quantitative estimate of drug-likeness (QED) is 0.722. The van der Waals surface area contributed by atoms with Crippen LogP contribution in [0, 0.1) is 17.1 Å². The third-order valence-electron chi connectivity index (χ3n) is 1.42. The van der Waals surface area contributed by atoms with Gasteiger partial charge in [0.2, 0.25) is 0 Å². The van der Waals surface area contributed by atoms with Crippen LogP contribution < -0.4 is 5.73 Å². The van der Waals surface area contributed by atoms with E-state index in [2.05, 4.69) is 0 Å². The topological polar surface area (TPSA) is 66.9 Å². The standard InChI is InChI=1S/C8H7FN2OS/c9-6-1-2-7(11)8(5-6)13(12)4-3-10/h1-2,5H,4,11H2. The Morgan fingerprint density at radius 2 is 2.31 bits per heavy atom. The number of nitrogens with two attached hydrogens (primary N) is 1. The molecule has 68 valence electrons. The molecule has 0 bridgehead atoms. The Hall–Kier alpha value is -1.41. The van der Waals surface area contributed by atoms with E-state index >= 15 is 0 Å². The number of nitrogens with zero attached hydrogens (tertiary/aromatic N) is 1. The molecule has 1 aromatic rings. The normalized spacial score (nSPS) is 12.0. The maximum atomic E-state index is 12.7. The summed E-state index contributed by atoms with van der Waals surface area (Å²) in [6.45, 7) is 0. The molecule has 0 aliphatic heterocycles.